The Morgan fingerprint density at radius 3 is 1.78 bits per heavy atom. The first-order chi connectivity index (χ1) is 3.85. The molecule has 0 aliphatic heterocycles. The molecule has 0 heterocycles. The van der Waals surface area contributed by atoms with Gasteiger partial charge in [0.05, 0.1) is 5.25 Å². The molecule has 0 radical (unpaired) electrons. The highest BCUT2D eigenvalue weighted by Gasteiger charge is 2.20. The maximum atomic E-state index is 10.2. The molecule has 0 aliphatic rings. The topological polar surface area (TPSA) is 80.4 Å². The Bertz CT molecular complexity index is 172. The molecule has 0 aromatic heterocycles. The summed E-state index contributed by atoms with van der Waals surface area (Å²) in [7, 11) is -3.93. The first-order valence-electron chi connectivity index (χ1n) is 2.57. The Labute approximate surface area is 54.8 Å². The normalized spacial score (nSPS) is 19.1. The van der Waals surface area contributed by atoms with E-state index in [2.05, 4.69) is 0 Å². The van der Waals surface area contributed by atoms with E-state index in [0.29, 0.717) is 0 Å². The molecule has 0 spiro atoms. The van der Waals surface area contributed by atoms with Crippen LogP contribution in [-0.4, -0.2) is 24.3 Å². The first-order valence-corrected chi connectivity index (χ1v) is 4.08. The second-order valence-corrected chi connectivity index (χ2v) is 3.85. The van der Waals surface area contributed by atoms with Crippen LogP contribution in [0.2, 0.25) is 0 Å². The molecular weight excluding hydrogens is 142 g/mol. The molecule has 0 fully saturated rings. The van der Waals surface area contributed by atoms with Crippen molar-refractivity contribution in [2.24, 2.45) is 5.73 Å². The Morgan fingerprint density at radius 2 is 1.78 bits per heavy atom. The molecule has 0 aliphatic carbocycles. The number of hydrogen-bond donors (Lipinski definition) is 2. The summed E-state index contributed by atoms with van der Waals surface area (Å²) in [5.74, 6) is 0. The molecule has 0 aromatic rings. The largest absolute Gasteiger partial charge is 0.327 e. The molecule has 0 saturated heterocycles. The summed E-state index contributed by atoms with van der Waals surface area (Å²) >= 11 is 0. The molecule has 3 N–H and O–H groups in total. The van der Waals surface area contributed by atoms with E-state index in [1.165, 1.54) is 13.8 Å². The van der Waals surface area contributed by atoms with Crippen LogP contribution in [0, 0.1) is 0 Å². The van der Waals surface area contributed by atoms with Gasteiger partial charge in [0.1, 0.15) is 0 Å². The Kier molecular flexibility index (Phi) is 2.60. The SMILES string of the molecule is C[C@@H](N)[C@H](C)S(=O)(=O)O. The van der Waals surface area contributed by atoms with Gasteiger partial charge in [-0.25, -0.2) is 0 Å². The van der Waals surface area contributed by atoms with Crippen LogP contribution in [0.5, 0.6) is 0 Å². The third-order valence-corrected chi connectivity index (χ3v) is 2.58. The molecule has 0 aromatic carbocycles. The molecule has 4 nitrogen and oxygen atoms in total. The van der Waals surface area contributed by atoms with Gasteiger partial charge in [-0.1, -0.05) is 0 Å². The van der Waals surface area contributed by atoms with Gasteiger partial charge in [0.15, 0.2) is 0 Å². The highest BCUT2D eigenvalue weighted by molar-refractivity contribution is 7.86. The van der Waals surface area contributed by atoms with Crippen molar-refractivity contribution < 1.29 is 13.0 Å². The third kappa shape index (κ3) is 2.78. The van der Waals surface area contributed by atoms with Gasteiger partial charge >= 0.3 is 0 Å². The molecule has 2 atom stereocenters. The van der Waals surface area contributed by atoms with Gasteiger partial charge in [-0.2, -0.15) is 8.42 Å². The second kappa shape index (κ2) is 2.64. The van der Waals surface area contributed by atoms with Crippen LogP contribution in [-0.2, 0) is 10.1 Å². The number of hydrogen-bond acceptors (Lipinski definition) is 3. The lowest BCUT2D eigenvalue weighted by Gasteiger charge is -2.10. The maximum Gasteiger partial charge on any atom is 0.269 e. The van der Waals surface area contributed by atoms with Crippen LogP contribution in [0.4, 0.5) is 0 Å². The fraction of sp³-hybridized carbons (Fsp3) is 1.00. The first kappa shape index (κ1) is 8.87. The molecule has 0 bridgehead atoms. The van der Waals surface area contributed by atoms with E-state index in [0.717, 1.165) is 0 Å². The Morgan fingerprint density at radius 1 is 1.44 bits per heavy atom. The van der Waals surface area contributed by atoms with Gasteiger partial charge < -0.3 is 5.73 Å². The summed E-state index contributed by atoms with van der Waals surface area (Å²) in [5, 5.41) is -0.877. The van der Waals surface area contributed by atoms with E-state index in [9.17, 15) is 8.42 Å². The average molecular weight is 153 g/mol. The van der Waals surface area contributed by atoms with E-state index >= 15 is 0 Å². The number of rotatable bonds is 2. The van der Waals surface area contributed by atoms with Crippen LogP contribution in [0.3, 0.4) is 0 Å². The molecule has 56 valence electrons. The summed E-state index contributed by atoms with van der Waals surface area (Å²) in [6.45, 7) is 2.89. The van der Waals surface area contributed by atoms with Crippen molar-refractivity contribution in [3.05, 3.63) is 0 Å². The minimum Gasteiger partial charge on any atom is -0.327 e. The molecule has 5 heteroatoms. The Hall–Kier alpha value is -0.130. The predicted molar refractivity (Wildman–Crippen MR) is 34.7 cm³/mol. The third-order valence-electron chi connectivity index (χ3n) is 1.21. The predicted octanol–water partition coefficient (Wildman–Crippen LogP) is -0.390. The van der Waals surface area contributed by atoms with Crippen molar-refractivity contribution in [2.75, 3.05) is 0 Å². The molecule has 9 heavy (non-hydrogen) atoms. The zero-order valence-corrected chi connectivity index (χ0v) is 6.22. The molecule has 0 unspecified atom stereocenters. The monoisotopic (exact) mass is 153 g/mol. The van der Waals surface area contributed by atoms with E-state index in [4.69, 9.17) is 10.3 Å². The lowest BCUT2D eigenvalue weighted by Crippen LogP contribution is -2.35. The average Bonchev–Trinajstić information content (AvgIpc) is 1.62. The number of nitrogens with two attached hydrogens (primary N) is 1. The van der Waals surface area contributed by atoms with Gasteiger partial charge in [-0.3, -0.25) is 4.55 Å². The quantitative estimate of drug-likeness (QED) is 0.529. The fourth-order valence-corrected chi connectivity index (χ4v) is 0.814. The van der Waals surface area contributed by atoms with Crippen molar-refractivity contribution in [1.82, 2.24) is 0 Å². The van der Waals surface area contributed by atoms with Crippen molar-refractivity contribution in [1.29, 1.82) is 0 Å². The van der Waals surface area contributed by atoms with Gasteiger partial charge in [0, 0.05) is 6.04 Å². The summed E-state index contributed by atoms with van der Waals surface area (Å²) in [4.78, 5) is 0. The van der Waals surface area contributed by atoms with Gasteiger partial charge in [0.25, 0.3) is 10.1 Å². The van der Waals surface area contributed by atoms with E-state index in [-0.39, 0.29) is 0 Å². The molecule has 0 amide bonds. The molecule has 0 saturated carbocycles. The van der Waals surface area contributed by atoms with Crippen LogP contribution < -0.4 is 5.73 Å². The van der Waals surface area contributed by atoms with E-state index < -0.39 is 21.4 Å². The summed E-state index contributed by atoms with van der Waals surface area (Å²) < 4.78 is 28.8. The zero-order chi connectivity index (χ0) is 7.65. The minimum atomic E-state index is -3.93. The lowest BCUT2D eigenvalue weighted by atomic mass is 10.3. The summed E-state index contributed by atoms with van der Waals surface area (Å²) in [5.41, 5.74) is 5.18. The zero-order valence-electron chi connectivity index (χ0n) is 5.40. The summed E-state index contributed by atoms with van der Waals surface area (Å²) in [6, 6.07) is -0.528. The van der Waals surface area contributed by atoms with Gasteiger partial charge in [-0.05, 0) is 13.8 Å². The van der Waals surface area contributed by atoms with Crippen molar-refractivity contribution in [3.8, 4) is 0 Å². The summed E-state index contributed by atoms with van der Waals surface area (Å²) in [6.07, 6.45) is 0. The smallest absolute Gasteiger partial charge is 0.269 e. The highest BCUT2D eigenvalue weighted by Crippen LogP contribution is 1.99. The van der Waals surface area contributed by atoms with Crippen LogP contribution >= 0.6 is 0 Å². The van der Waals surface area contributed by atoms with Crippen LogP contribution in [0.1, 0.15) is 13.8 Å². The van der Waals surface area contributed by atoms with E-state index in [1.807, 2.05) is 0 Å². The maximum absolute atomic E-state index is 10.2. The highest BCUT2D eigenvalue weighted by atomic mass is 32.2. The minimum absolute atomic E-state index is 0.528. The van der Waals surface area contributed by atoms with Gasteiger partial charge in [0.2, 0.25) is 0 Å². The van der Waals surface area contributed by atoms with Crippen LogP contribution in [0.25, 0.3) is 0 Å². The van der Waals surface area contributed by atoms with E-state index in [1.54, 1.807) is 0 Å². The Balaban J connectivity index is 4.24. The van der Waals surface area contributed by atoms with Crippen LogP contribution in [0.15, 0.2) is 0 Å². The standard InChI is InChI=1S/C4H11NO3S/c1-3(5)4(2)9(6,7)8/h3-4H,5H2,1-2H3,(H,6,7,8)/t3-,4+/m1/s1. The molecular formula is C4H11NO3S. The van der Waals surface area contributed by atoms with Gasteiger partial charge in [-0.15, -0.1) is 0 Å². The fourth-order valence-electron chi connectivity index (χ4n) is 0.271. The van der Waals surface area contributed by atoms with Crippen molar-refractivity contribution in [3.63, 3.8) is 0 Å². The molecule has 0 rings (SSSR count). The lowest BCUT2D eigenvalue weighted by molar-refractivity contribution is 0.461. The second-order valence-electron chi connectivity index (χ2n) is 2.08. The van der Waals surface area contributed by atoms with Crippen molar-refractivity contribution >= 4 is 10.1 Å². The van der Waals surface area contributed by atoms with Crippen molar-refractivity contribution in [2.45, 2.75) is 25.1 Å².